The zero-order chi connectivity index (χ0) is 26.9. The van der Waals surface area contributed by atoms with Crippen molar-refractivity contribution in [2.24, 2.45) is 0 Å². The molecule has 2 N–H and O–H groups in total. The standard InChI is InChI=1S/C21H19N3O2.C8H18N2OS/c1-13(2)25-19-10-9-15(11-16(19)12-22)21-23-20(24-26-21)18-8-4-6-14-5-3-7-17(14)18;1-9-12-7-6-10-4-2-8(11)3-5-10/h4,6,8-11,13H,3,5,7H2,1-2H3;8-9,11H,2-7H2,1H3. The second kappa shape index (κ2) is 13.8. The molecule has 2 heterocycles. The van der Waals surface area contributed by atoms with Gasteiger partial charge in [0.1, 0.15) is 11.8 Å². The summed E-state index contributed by atoms with van der Waals surface area (Å²) in [6.07, 6.45) is 5.18. The summed E-state index contributed by atoms with van der Waals surface area (Å²) in [6.45, 7) is 7.12. The van der Waals surface area contributed by atoms with Crippen LogP contribution in [0.2, 0.25) is 0 Å². The number of piperidine rings is 1. The first-order valence-corrected chi connectivity index (χ1v) is 14.3. The molecule has 8 nitrogen and oxygen atoms in total. The van der Waals surface area contributed by atoms with Crippen molar-refractivity contribution < 1.29 is 14.4 Å². The molecule has 2 aromatic carbocycles. The molecule has 3 aromatic rings. The number of fused-ring (bicyclic) bond motifs is 1. The van der Waals surface area contributed by atoms with E-state index in [1.807, 2.05) is 39.1 Å². The molecule has 0 radical (unpaired) electrons. The number of aliphatic hydroxyl groups excluding tert-OH is 1. The predicted molar refractivity (Wildman–Crippen MR) is 151 cm³/mol. The maximum Gasteiger partial charge on any atom is 0.258 e. The van der Waals surface area contributed by atoms with Gasteiger partial charge >= 0.3 is 0 Å². The van der Waals surface area contributed by atoms with E-state index < -0.39 is 0 Å². The molecular formula is C29H37N5O3S. The van der Waals surface area contributed by atoms with Gasteiger partial charge in [-0.15, -0.1) is 0 Å². The second-order valence-electron chi connectivity index (χ2n) is 9.83. The van der Waals surface area contributed by atoms with Crippen molar-refractivity contribution in [3.63, 3.8) is 0 Å². The zero-order valence-corrected chi connectivity index (χ0v) is 23.3. The fourth-order valence-electron chi connectivity index (χ4n) is 4.81. The second-order valence-corrected chi connectivity index (χ2v) is 10.9. The number of hydrogen-bond acceptors (Lipinski definition) is 9. The first-order chi connectivity index (χ1) is 18.5. The molecule has 38 heavy (non-hydrogen) atoms. The lowest BCUT2D eigenvalue weighted by Crippen LogP contribution is -2.37. The number of nitrogens with one attached hydrogen (secondary N) is 1. The predicted octanol–water partition coefficient (Wildman–Crippen LogP) is 4.86. The number of nitrogens with zero attached hydrogens (tertiary/aromatic N) is 4. The Labute approximate surface area is 229 Å². The maximum atomic E-state index is 9.40. The zero-order valence-electron chi connectivity index (χ0n) is 22.4. The summed E-state index contributed by atoms with van der Waals surface area (Å²) in [5.74, 6) is 2.70. The third kappa shape index (κ3) is 7.35. The number of aryl methyl sites for hydroxylation is 1. The van der Waals surface area contributed by atoms with Gasteiger partial charge in [-0.3, -0.25) is 4.72 Å². The lowest BCUT2D eigenvalue weighted by molar-refractivity contribution is 0.0857. The Morgan fingerprint density at radius 2 is 2.05 bits per heavy atom. The van der Waals surface area contributed by atoms with Crippen LogP contribution in [0.5, 0.6) is 5.75 Å². The van der Waals surface area contributed by atoms with E-state index in [1.54, 1.807) is 24.1 Å². The first kappa shape index (κ1) is 28.1. The lowest BCUT2D eigenvalue weighted by Gasteiger charge is -2.29. The Morgan fingerprint density at radius 3 is 2.79 bits per heavy atom. The van der Waals surface area contributed by atoms with Crippen LogP contribution >= 0.6 is 11.9 Å². The maximum absolute atomic E-state index is 9.40. The summed E-state index contributed by atoms with van der Waals surface area (Å²) in [7, 11) is 1.95. The monoisotopic (exact) mass is 535 g/mol. The number of hydrogen-bond donors (Lipinski definition) is 2. The summed E-state index contributed by atoms with van der Waals surface area (Å²) < 4.78 is 14.2. The molecule has 0 bridgehead atoms. The van der Waals surface area contributed by atoms with Crippen molar-refractivity contribution in [3.8, 4) is 34.7 Å². The molecular weight excluding hydrogens is 498 g/mol. The molecule has 0 spiro atoms. The smallest absolute Gasteiger partial charge is 0.258 e. The highest BCUT2D eigenvalue weighted by Gasteiger charge is 2.20. The van der Waals surface area contributed by atoms with E-state index in [0.29, 0.717) is 28.6 Å². The van der Waals surface area contributed by atoms with Gasteiger partial charge in [0.25, 0.3) is 5.89 Å². The van der Waals surface area contributed by atoms with E-state index >= 15 is 0 Å². The van der Waals surface area contributed by atoms with Gasteiger partial charge in [0.05, 0.1) is 17.8 Å². The van der Waals surface area contributed by atoms with Crippen molar-refractivity contribution in [1.82, 2.24) is 19.8 Å². The van der Waals surface area contributed by atoms with Crippen LogP contribution in [0.15, 0.2) is 40.9 Å². The van der Waals surface area contributed by atoms with Gasteiger partial charge in [-0.05, 0) is 82.3 Å². The highest BCUT2D eigenvalue weighted by Crippen LogP contribution is 2.33. The van der Waals surface area contributed by atoms with Gasteiger partial charge in [-0.2, -0.15) is 10.2 Å². The van der Waals surface area contributed by atoms with Gasteiger partial charge < -0.3 is 19.3 Å². The van der Waals surface area contributed by atoms with Crippen LogP contribution in [0.1, 0.15) is 49.8 Å². The van der Waals surface area contributed by atoms with E-state index in [0.717, 1.165) is 56.6 Å². The van der Waals surface area contributed by atoms with Gasteiger partial charge in [0, 0.05) is 36.5 Å². The van der Waals surface area contributed by atoms with Gasteiger partial charge in [0.2, 0.25) is 5.82 Å². The molecule has 0 unspecified atom stereocenters. The molecule has 0 amide bonds. The third-order valence-corrected chi connectivity index (χ3v) is 7.41. The number of ether oxygens (including phenoxy) is 1. The molecule has 9 heteroatoms. The largest absolute Gasteiger partial charge is 0.490 e. The average molecular weight is 536 g/mol. The molecule has 1 aliphatic heterocycles. The minimum absolute atomic E-state index is 0.00290. The van der Waals surface area contributed by atoms with Crippen molar-refractivity contribution in [2.45, 2.75) is 58.2 Å². The molecule has 1 aliphatic carbocycles. The minimum atomic E-state index is -0.0433. The van der Waals surface area contributed by atoms with E-state index in [-0.39, 0.29) is 12.2 Å². The molecule has 5 rings (SSSR count). The summed E-state index contributed by atoms with van der Waals surface area (Å²) >= 11 is 1.75. The molecule has 2 aliphatic rings. The van der Waals surface area contributed by atoms with Crippen molar-refractivity contribution in [2.75, 3.05) is 32.4 Å². The lowest BCUT2D eigenvalue weighted by atomic mass is 10.0. The fourth-order valence-corrected chi connectivity index (χ4v) is 5.36. The molecule has 1 aromatic heterocycles. The van der Waals surface area contributed by atoms with Crippen LogP contribution in [-0.2, 0) is 12.8 Å². The highest BCUT2D eigenvalue weighted by atomic mass is 32.2. The van der Waals surface area contributed by atoms with Crippen LogP contribution in [0.25, 0.3) is 22.8 Å². The van der Waals surface area contributed by atoms with E-state index in [4.69, 9.17) is 9.26 Å². The van der Waals surface area contributed by atoms with Crippen LogP contribution in [0.4, 0.5) is 0 Å². The molecule has 1 fully saturated rings. The quantitative estimate of drug-likeness (QED) is 0.309. The number of benzene rings is 2. The normalized spacial score (nSPS) is 15.6. The van der Waals surface area contributed by atoms with Gasteiger partial charge in [-0.1, -0.05) is 35.3 Å². The van der Waals surface area contributed by atoms with Crippen LogP contribution < -0.4 is 9.46 Å². The summed E-state index contributed by atoms with van der Waals surface area (Å²) in [6, 6.07) is 13.8. The Morgan fingerprint density at radius 1 is 1.24 bits per heavy atom. The molecule has 0 saturated carbocycles. The van der Waals surface area contributed by atoms with Crippen LogP contribution in [-0.4, -0.2) is 64.8 Å². The van der Waals surface area contributed by atoms with Crippen molar-refractivity contribution >= 4 is 11.9 Å². The molecule has 0 atom stereocenters. The van der Waals surface area contributed by atoms with Crippen LogP contribution in [0.3, 0.4) is 0 Å². The van der Waals surface area contributed by atoms with E-state index in [2.05, 4.69) is 31.9 Å². The van der Waals surface area contributed by atoms with E-state index in [9.17, 15) is 10.4 Å². The first-order valence-electron chi connectivity index (χ1n) is 13.3. The Kier molecular flexibility index (Phi) is 10.2. The van der Waals surface area contributed by atoms with E-state index in [1.165, 1.54) is 17.5 Å². The van der Waals surface area contributed by atoms with Gasteiger partial charge in [-0.25, -0.2) is 0 Å². The molecule has 1 saturated heterocycles. The van der Waals surface area contributed by atoms with Gasteiger partial charge in [0.15, 0.2) is 0 Å². The Bertz CT molecular complexity index is 1230. The number of likely N-dealkylation sites (tertiary alicyclic amines) is 1. The summed E-state index contributed by atoms with van der Waals surface area (Å²) in [5, 5.41) is 22.8. The average Bonchev–Trinajstić information content (AvgIpc) is 3.60. The SMILES string of the molecule is CC(C)Oc1ccc(-c2nc(-c3cccc4c3CCC4)no2)cc1C#N.CNSCCN1CCC(O)CC1. The number of aromatic nitrogens is 2. The summed E-state index contributed by atoms with van der Waals surface area (Å²) in [4.78, 5) is 6.98. The topological polar surface area (TPSA) is 107 Å². The van der Waals surface area contributed by atoms with Crippen LogP contribution in [0, 0.1) is 11.3 Å². The minimum Gasteiger partial charge on any atom is -0.490 e. The summed E-state index contributed by atoms with van der Waals surface area (Å²) in [5.41, 5.74) is 4.89. The van der Waals surface area contributed by atoms with Crippen molar-refractivity contribution in [1.29, 1.82) is 5.26 Å². The molecule has 202 valence electrons. The Balaban J connectivity index is 0.000000236. The fraction of sp³-hybridized carbons (Fsp3) is 0.483. The highest BCUT2D eigenvalue weighted by molar-refractivity contribution is 7.97. The number of nitriles is 1. The Hall–Kier alpha value is -2.90. The van der Waals surface area contributed by atoms with Crippen molar-refractivity contribution in [3.05, 3.63) is 53.1 Å². The third-order valence-electron chi connectivity index (χ3n) is 6.73. The number of rotatable bonds is 8. The number of aliphatic hydroxyl groups is 1.